The predicted octanol–water partition coefficient (Wildman–Crippen LogP) is 1.84. The summed E-state index contributed by atoms with van der Waals surface area (Å²) in [5.74, 6) is 0.288. The van der Waals surface area contributed by atoms with E-state index in [1.807, 2.05) is 18.4 Å². The molecule has 0 aromatic carbocycles. The fourth-order valence-corrected chi connectivity index (χ4v) is 1.79. The molecule has 2 N–H and O–H groups in total. The Labute approximate surface area is 82.8 Å². The van der Waals surface area contributed by atoms with Crippen LogP contribution in [0.25, 0.3) is 0 Å². The van der Waals surface area contributed by atoms with Crippen molar-refractivity contribution in [1.82, 2.24) is 0 Å². The lowest BCUT2D eigenvalue weighted by Crippen LogP contribution is -2.20. The van der Waals surface area contributed by atoms with Crippen molar-refractivity contribution >= 4 is 17.1 Å². The fourth-order valence-electron chi connectivity index (χ4n) is 1.08. The molecule has 0 bridgehead atoms. The van der Waals surface area contributed by atoms with Crippen molar-refractivity contribution in [2.75, 3.05) is 6.54 Å². The van der Waals surface area contributed by atoms with Crippen molar-refractivity contribution in [1.29, 1.82) is 0 Å². The summed E-state index contributed by atoms with van der Waals surface area (Å²) < 4.78 is 0. The summed E-state index contributed by atoms with van der Waals surface area (Å²) in [4.78, 5) is 12.7. The van der Waals surface area contributed by atoms with Crippen molar-refractivity contribution in [3.05, 3.63) is 22.4 Å². The van der Waals surface area contributed by atoms with Gasteiger partial charge < -0.3 is 5.73 Å². The van der Waals surface area contributed by atoms with Crippen molar-refractivity contribution < 1.29 is 4.79 Å². The number of hydrogen-bond donors (Lipinski definition) is 1. The van der Waals surface area contributed by atoms with Gasteiger partial charge in [0.15, 0.2) is 0 Å². The Balaban J connectivity index is 2.31. The molecule has 0 aliphatic carbocycles. The molecule has 13 heavy (non-hydrogen) atoms. The second kappa shape index (κ2) is 5.14. The number of nitrogens with two attached hydrogens (primary N) is 1. The van der Waals surface area contributed by atoms with Gasteiger partial charge in [0.25, 0.3) is 0 Å². The highest BCUT2D eigenvalue weighted by molar-refractivity contribution is 7.09. The maximum atomic E-state index is 11.4. The maximum Gasteiger partial charge on any atom is 0.137 e. The lowest BCUT2D eigenvalue weighted by molar-refractivity contribution is -0.122. The van der Waals surface area contributed by atoms with Gasteiger partial charge in [-0.05, 0) is 17.9 Å². The molecule has 0 saturated heterocycles. The molecule has 2 nitrogen and oxygen atoms in total. The molecule has 0 aliphatic heterocycles. The summed E-state index contributed by atoms with van der Waals surface area (Å²) in [5, 5.41) is 2.03. The number of carbonyl (C=O) groups is 1. The smallest absolute Gasteiger partial charge is 0.137 e. The van der Waals surface area contributed by atoms with E-state index in [9.17, 15) is 4.79 Å². The average Bonchev–Trinajstić information content (AvgIpc) is 2.65. The molecule has 1 atom stereocenters. The van der Waals surface area contributed by atoms with Gasteiger partial charge in [-0.1, -0.05) is 13.0 Å². The Bertz CT molecular complexity index is 256. The van der Waals surface area contributed by atoms with Gasteiger partial charge in [-0.3, -0.25) is 4.79 Å². The van der Waals surface area contributed by atoms with Crippen LogP contribution in [-0.4, -0.2) is 12.3 Å². The molecule has 3 heteroatoms. The van der Waals surface area contributed by atoms with Crippen molar-refractivity contribution in [2.24, 2.45) is 11.7 Å². The molecule has 0 radical (unpaired) electrons. The largest absolute Gasteiger partial charge is 0.330 e. The first-order valence-corrected chi connectivity index (χ1v) is 5.37. The molecule has 1 aromatic rings. The number of thiophene rings is 1. The van der Waals surface area contributed by atoms with E-state index >= 15 is 0 Å². The molecule has 0 amide bonds. The van der Waals surface area contributed by atoms with Crippen molar-refractivity contribution in [2.45, 2.75) is 19.8 Å². The third-order valence-corrected chi connectivity index (χ3v) is 3.04. The fraction of sp³-hybridized carbons (Fsp3) is 0.500. The van der Waals surface area contributed by atoms with E-state index in [2.05, 4.69) is 6.07 Å². The quantitative estimate of drug-likeness (QED) is 0.782. The summed E-state index contributed by atoms with van der Waals surface area (Å²) in [5.41, 5.74) is 5.40. The molecule has 0 aliphatic rings. The molecule has 1 rings (SSSR count). The van der Waals surface area contributed by atoms with Crippen molar-refractivity contribution in [3.8, 4) is 0 Å². The third-order valence-electron chi connectivity index (χ3n) is 2.10. The molecular formula is C10H15NOS. The first kappa shape index (κ1) is 10.4. The zero-order valence-corrected chi connectivity index (χ0v) is 8.64. The van der Waals surface area contributed by atoms with Crippen LogP contribution in [0.5, 0.6) is 0 Å². The van der Waals surface area contributed by atoms with E-state index in [0.717, 1.165) is 6.42 Å². The summed E-state index contributed by atoms with van der Waals surface area (Å²) in [6, 6.07) is 4.07. The number of carbonyl (C=O) groups excluding carboxylic acids is 1. The minimum absolute atomic E-state index is 0.0139. The maximum absolute atomic E-state index is 11.4. The first-order chi connectivity index (χ1) is 6.24. The topological polar surface area (TPSA) is 43.1 Å². The lowest BCUT2D eigenvalue weighted by atomic mass is 10.0. The number of ketones is 1. The summed E-state index contributed by atoms with van der Waals surface area (Å²) >= 11 is 1.70. The molecule has 1 unspecified atom stereocenters. The van der Waals surface area contributed by atoms with Gasteiger partial charge in [-0.15, -0.1) is 11.3 Å². The Hall–Kier alpha value is -0.670. The van der Waals surface area contributed by atoms with Crippen LogP contribution in [0.15, 0.2) is 17.5 Å². The normalized spacial score (nSPS) is 12.8. The van der Waals surface area contributed by atoms with Gasteiger partial charge in [0.1, 0.15) is 5.78 Å². The highest BCUT2D eigenvalue weighted by Gasteiger charge is 2.10. The van der Waals surface area contributed by atoms with Crippen LogP contribution in [-0.2, 0) is 11.2 Å². The van der Waals surface area contributed by atoms with Gasteiger partial charge in [0.2, 0.25) is 0 Å². The van der Waals surface area contributed by atoms with E-state index in [0.29, 0.717) is 13.0 Å². The molecular weight excluding hydrogens is 182 g/mol. The van der Waals surface area contributed by atoms with Crippen LogP contribution in [0.4, 0.5) is 0 Å². The van der Waals surface area contributed by atoms with Crippen LogP contribution in [0, 0.1) is 5.92 Å². The van der Waals surface area contributed by atoms with E-state index < -0.39 is 0 Å². The summed E-state index contributed by atoms with van der Waals surface area (Å²) in [6.07, 6.45) is 1.49. The minimum Gasteiger partial charge on any atom is -0.330 e. The van der Waals surface area contributed by atoms with Gasteiger partial charge >= 0.3 is 0 Å². The first-order valence-electron chi connectivity index (χ1n) is 4.49. The summed E-state index contributed by atoms with van der Waals surface area (Å²) in [7, 11) is 0. The Morgan fingerprint density at radius 2 is 2.46 bits per heavy atom. The molecule has 1 heterocycles. The van der Waals surface area contributed by atoms with Crippen LogP contribution < -0.4 is 5.73 Å². The van der Waals surface area contributed by atoms with Crippen molar-refractivity contribution in [3.63, 3.8) is 0 Å². The van der Waals surface area contributed by atoms with Crippen LogP contribution in [0.3, 0.4) is 0 Å². The Kier molecular flexibility index (Phi) is 4.12. The zero-order chi connectivity index (χ0) is 9.68. The molecule has 72 valence electrons. The summed E-state index contributed by atoms with van der Waals surface area (Å²) in [6.45, 7) is 2.35. The van der Waals surface area contributed by atoms with Crippen LogP contribution in [0.1, 0.15) is 18.2 Å². The highest BCUT2D eigenvalue weighted by atomic mass is 32.1. The third kappa shape index (κ3) is 3.28. The average molecular weight is 197 g/mol. The standard InChI is InChI=1S/C10H15NOS/c1-8(7-11)10(12)5-4-9-3-2-6-13-9/h2-3,6,8H,4-5,7,11H2,1H3. The van der Waals surface area contributed by atoms with E-state index in [4.69, 9.17) is 5.73 Å². The Morgan fingerprint density at radius 3 is 3.00 bits per heavy atom. The second-order valence-corrected chi connectivity index (χ2v) is 4.21. The molecule has 0 saturated carbocycles. The Morgan fingerprint density at radius 1 is 1.69 bits per heavy atom. The van der Waals surface area contributed by atoms with Crippen LogP contribution in [0.2, 0.25) is 0 Å². The number of hydrogen-bond acceptors (Lipinski definition) is 3. The molecule has 1 aromatic heterocycles. The van der Waals surface area contributed by atoms with Gasteiger partial charge in [0, 0.05) is 23.8 Å². The van der Waals surface area contributed by atoms with Gasteiger partial charge in [0.05, 0.1) is 0 Å². The van der Waals surface area contributed by atoms with E-state index in [-0.39, 0.29) is 11.7 Å². The van der Waals surface area contributed by atoms with Gasteiger partial charge in [-0.2, -0.15) is 0 Å². The highest BCUT2D eigenvalue weighted by Crippen LogP contribution is 2.12. The minimum atomic E-state index is 0.0139. The van der Waals surface area contributed by atoms with Crippen LogP contribution >= 0.6 is 11.3 Å². The molecule has 0 spiro atoms. The van der Waals surface area contributed by atoms with E-state index in [1.165, 1.54) is 4.88 Å². The van der Waals surface area contributed by atoms with E-state index in [1.54, 1.807) is 11.3 Å². The number of aryl methyl sites for hydroxylation is 1. The number of Topliss-reactive ketones (excluding diaryl/α,β-unsaturated/α-hetero) is 1. The molecule has 0 fully saturated rings. The second-order valence-electron chi connectivity index (χ2n) is 3.18. The number of rotatable bonds is 5. The lowest BCUT2D eigenvalue weighted by Gasteiger charge is -2.05. The zero-order valence-electron chi connectivity index (χ0n) is 7.82. The predicted molar refractivity (Wildman–Crippen MR) is 55.9 cm³/mol. The monoisotopic (exact) mass is 197 g/mol. The SMILES string of the molecule is CC(CN)C(=O)CCc1cccs1. The van der Waals surface area contributed by atoms with Gasteiger partial charge in [-0.25, -0.2) is 0 Å².